The van der Waals surface area contributed by atoms with Crippen LogP contribution in [0.4, 0.5) is 5.82 Å². The van der Waals surface area contributed by atoms with Crippen LogP contribution >= 0.6 is 11.6 Å². The molecule has 1 aliphatic heterocycles. The quantitative estimate of drug-likeness (QED) is 0.849. The monoisotopic (exact) mass is 346 g/mol. The van der Waals surface area contributed by atoms with Crippen molar-refractivity contribution in [3.05, 3.63) is 47.1 Å². The lowest BCUT2D eigenvalue weighted by Gasteiger charge is -2.35. The summed E-state index contributed by atoms with van der Waals surface area (Å²) >= 11 is 5.82. The molecule has 1 aliphatic rings. The molecule has 24 heavy (non-hydrogen) atoms. The van der Waals surface area contributed by atoms with E-state index in [0.29, 0.717) is 23.9 Å². The molecule has 0 radical (unpaired) electrons. The summed E-state index contributed by atoms with van der Waals surface area (Å²) in [4.78, 5) is 16.2. The van der Waals surface area contributed by atoms with Crippen LogP contribution in [0.15, 0.2) is 36.4 Å². The third-order valence-corrected chi connectivity index (χ3v) is 4.17. The van der Waals surface area contributed by atoms with Crippen molar-refractivity contribution in [2.45, 2.75) is 6.92 Å². The molecule has 0 atom stereocenters. The fourth-order valence-corrected chi connectivity index (χ4v) is 2.64. The number of hydrogen-bond acceptors (Lipinski definition) is 5. The zero-order valence-corrected chi connectivity index (χ0v) is 14.2. The van der Waals surface area contributed by atoms with Crippen molar-refractivity contribution in [2.24, 2.45) is 0 Å². The van der Waals surface area contributed by atoms with Crippen LogP contribution in [0.3, 0.4) is 0 Å². The Labute approximate surface area is 146 Å². The number of rotatable bonds is 4. The molecule has 1 fully saturated rings. The van der Waals surface area contributed by atoms with Gasteiger partial charge in [0.2, 0.25) is 0 Å². The van der Waals surface area contributed by atoms with E-state index >= 15 is 0 Å². The van der Waals surface area contributed by atoms with Crippen LogP contribution in [0.2, 0.25) is 5.02 Å². The highest BCUT2D eigenvalue weighted by Crippen LogP contribution is 2.16. The summed E-state index contributed by atoms with van der Waals surface area (Å²) in [6, 6.07) is 10.9. The van der Waals surface area contributed by atoms with Gasteiger partial charge in [0.05, 0.1) is 5.69 Å². The minimum Gasteiger partial charge on any atom is -0.484 e. The lowest BCUT2D eigenvalue weighted by molar-refractivity contribution is -0.133. The molecule has 7 heteroatoms. The highest BCUT2D eigenvalue weighted by molar-refractivity contribution is 6.30. The van der Waals surface area contributed by atoms with E-state index in [1.807, 2.05) is 24.0 Å². The van der Waals surface area contributed by atoms with Crippen LogP contribution in [0, 0.1) is 6.92 Å². The number of carbonyl (C=O) groups excluding carboxylic acids is 1. The molecule has 0 saturated carbocycles. The van der Waals surface area contributed by atoms with Crippen molar-refractivity contribution in [3.8, 4) is 5.75 Å². The minimum absolute atomic E-state index is 0.0143. The Bertz CT molecular complexity index is 683. The third kappa shape index (κ3) is 4.14. The Morgan fingerprint density at radius 3 is 2.42 bits per heavy atom. The summed E-state index contributed by atoms with van der Waals surface area (Å²) < 4.78 is 5.51. The molecule has 2 aromatic rings. The molecule has 1 amide bonds. The van der Waals surface area contributed by atoms with Crippen molar-refractivity contribution < 1.29 is 9.53 Å². The van der Waals surface area contributed by atoms with Crippen molar-refractivity contribution in [3.63, 3.8) is 0 Å². The Balaban J connectivity index is 1.48. The predicted octanol–water partition coefficient (Wildman–Crippen LogP) is 2.17. The summed E-state index contributed by atoms with van der Waals surface area (Å²) in [5, 5.41) is 8.91. The number of benzene rings is 1. The molecule has 0 N–H and O–H groups in total. The average molecular weight is 347 g/mol. The molecule has 126 valence electrons. The topological polar surface area (TPSA) is 58.6 Å². The van der Waals surface area contributed by atoms with Gasteiger partial charge in [0, 0.05) is 31.2 Å². The molecule has 2 heterocycles. The van der Waals surface area contributed by atoms with Gasteiger partial charge >= 0.3 is 0 Å². The molecule has 1 aromatic carbocycles. The van der Waals surface area contributed by atoms with E-state index < -0.39 is 0 Å². The molecule has 3 rings (SSSR count). The average Bonchev–Trinajstić information content (AvgIpc) is 2.62. The van der Waals surface area contributed by atoms with Crippen LogP contribution in [0.1, 0.15) is 5.69 Å². The van der Waals surface area contributed by atoms with Crippen LogP contribution in [0.25, 0.3) is 0 Å². The summed E-state index contributed by atoms with van der Waals surface area (Å²) in [5.74, 6) is 1.48. The van der Waals surface area contributed by atoms with Gasteiger partial charge in [-0.1, -0.05) is 11.6 Å². The van der Waals surface area contributed by atoms with E-state index in [4.69, 9.17) is 16.3 Å². The van der Waals surface area contributed by atoms with Crippen molar-refractivity contribution in [1.82, 2.24) is 15.1 Å². The molecule has 1 aromatic heterocycles. The number of nitrogens with zero attached hydrogens (tertiary/aromatic N) is 4. The smallest absolute Gasteiger partial charge is 0.260 e. The first-order valence-electron chi connectivity index (χ1n) is 7.83. The predicted molar refractivity (Wildman–Crippen MR) is 92.5 cm³/mol. The largest absolute Gasteiger partial charge is 0.484 e. The number of ether oxygens (including phenoxy) is 1. The van der Waals surface area contributed by atoms with Gasteiger partial charge in [-0.25, -0.2) is 0 Å². The maximum Gasteiger partial charge on any atom is 0.260 e. The van der Waals surface area contributed by atoms with E-state index in [1.54, 1.807) is 24.3 Å². The first-order valence-corrected chi connectivity index (χ1v) is 8.21. The third-order valence-electron chi connectivity index (χ3n) is 3.92. The highest BCUT2D eigenvalue weighted by atomic mass is 35.5. The van der Waals surface area contributed by atoms with Crippen LogP contribution < -0.4 is 9.64 Å². The van der Waals surface area contributed by atoms with Gasteiger partial charge in [0.1, 0.15) is 5.75 Å². The van der Waals surface area contributed by atoms with Crippen molar-refractivity contribution >= 4 is 23.3 Å². The van der Waals surface area contributed by atoms with E-state index in [9.17, 15) is 4.79 Å². The number of halogens is 1. The van der Waals surface area contributed by atoms with E-state index in [-0.39, 0.29) is 12.5 Å². The zero-order chi connectivity index (χ0) is 16.9. The number of piperazine rings is 1. The maximum absolute atomic E-state index is 12.3. The molecule has 0 unspecified atom stereocenters. The first-order chi connectivity index (χ1) is 11.6. The fourth-order valence-electron chi connectivity index (χ4n) is 2.51. The fraction of sp³-hybridized carbons (Fsp3) is 0.353. The number of anilines is 1. The van der Waals surface area contributed by atoms with Crippen LogP contribution in [-0.4, -0.2) is 53.8 Å². The Morgan fingerprint density at radius 2 is 1.79 bits per heavy atom. The van der Waals surface area contributed by atoms with E-state index in [0.717, 1.165) is 24.6 Å². The van der Waals surface area contributed by atoms with Gasteiger partial charge in [0.25, 0.3) is 5.91 Å². The minimum atomic E-state index is -0.0143. The maximum atomic E-state index is 12.3. The summed E-state index contributed by atoms with van der Waals surface area (Å²) in [6.45, 7) is 4.73. The molecular weight excluding hydrogens is 328 g/mol. The number of carbonyl (C=O) groups is 1. The van der Waals surface area contributed by atoms with Gasteiger partial charge in [-0.3, -0.25) is 4.79 Å². The summed E-state index contributed by atoms with van der Waals surface area (Å²) in [5.41, 5.74) is 0.895. The second-order valence-corrected chi connectivity index (χ2v) is 6.08. The van der Waals surface area contributed by atoms with Crippen molar-refractivity contribution in [1.29, 1.82) is 0 Å². The van der Waals surface area contributed by atoms with Crippen LogP contribution in [0.5, 0.6) is 5.75 Å². The van der Waals surface area contributed by atoms with E-state index in [2.05, 4.69) is 15.1 Å². The number of amides is 1. The zero-order valence-electron chi connectivity index (χ0n) is 13.5. The normalized spacial score (nSPS) is 14.6. The van der Waals surface area contributed by atoms with Gasteiger partial charge in [-0.15, -0.1) is 5.10 Å². The summed E-state index contributed by atoms with van der Waals surface area (Å²) in [7, 11) is 0. The van der Waals surface area contributed by atoms with E-state index in [1.165, 1.54) is 0 Å². The Hall–Kier alpha value is -2.34. The molecule has 1 saturated heterocycles. The van der Waals surface area contributed by atoms with Crippen LogP contribution in [-0.2, 0) is 4.79 Å². The number of aromatic nitrogens is 2. The Kier molecular flexibility index (Phi) is 5.15. The molecule has 0 bridgehead atoms. The second kappa shape index (κ2) is 7.49. The first kappa shape index (κ1) is 16.5. The van der Waals surface area contributed by atoms with Gasteiger partial charge in [-0.2, -0.15) is 5.10 Å². The molecule has 0 aliphatic carbocycles. The van der Waals surface area contributed by atoms with Gasteiger partial charge in [-0.05, 0) is 43.3 Å². The van der Waals surface area contributed by atoms with Gasteiger partial charge in [0.15, 0.2) is 12.4 Å². The SMILES string of the molecule is Cc1ccc(N2CCN(C(=O)COc3ccc(Cl)cc3)CC2)nn1. The molecular formula is C17H19ClN4O2. The number of hydrogen-bond donors (Lipinski definition) is 0. The number of aryl methyl sites for hydroxylation is 1. The highest BCUT2D eigenvalue weighted by Gasteiger charge is 2.22. The van der Waals surface area contributed by atoms with Gasteiger partial charge < -0.3 is 14.5 Å². The standard InChI is InChI=1S/C17H19ClN4O2/c1-13-2-7-16(20-19-13)21-8-10-22(11-9-21)17(23)12-24-15-5-3-14(18)4-6-15/h2-7H,8-12H2,1H3. The second-order valence-electron chi connectivity index (χ2n) is 5.64. The Morgan fingerprint density at radius 1 is 1.08 bits per heavy atom. The molecule has 6 nitrogen and oxygen atoms in total. The summed E-state index contributed by atoms with van der Waals surface area (Å²) in [6.07, 6.45) is 0. The molecule has 0 spiro atoms. The lowest BCUT2D eigenvalue weighted by atomic mass is 10.3. The van der Waals surface area contributed by atoms with Crippen molar-refractivity contribution in [2.75, 3.05) is 37.7 Å². The lowest BCUT2D eigenvalue weighted by Crippen LogP contribution is -2.50.